The third-order valence-electron chi connectivity index (χ3n) is 2.75. The highest BCUT2D eigenvalue weighted by atomic mass is 16.5. The highest BCUT2D eigenvalue weighted by Crippen LogP contribution is 2.18. The predicted molar refractivity (Wildman–Crippen MR) is 73.2 cm³/mol. The lowest BCUT2D eigenvalue weighted by Crippen LogP contribution is -2.39. The van der Waals surface area contributed by atoms with Crippen LogP contribution < -0.4 is 10.1 Å². The Morgan fingerprint density at radius 1 is 1.47 bits per heavy atom. The summed E-state index contributed by atoms with van der Waals surface area (Å²) in [5.41, 5.74) is 0.189. The molecule has 0 aliphatic carbocycles. The van der Waals surface area contributed by atoms with Gasteiger partial charge >= 0.3 is 0 Å². The van der Waals surface area contributed by atoms with Gasteiger partial charge in [-0.25, -0.2) is 4.98 Å². The molecule has 5 nitrogen and oxygen atoms in total. The average Bonchev–Trinajstić information content (AvgIpc) is 2.35. The number of hydrogen-bond acceptors (Lipinski definition) is 4. The third kappa shape index (κ3) is 4.87. The van der Waals surface area contributed by atoms with Crippen molar-refractivity contribution in [2.24, 2.45) is 5.41 Å². The maximum atomic E-state index is 11.8. The molecule has 0 aliphatic rings. The van der Waals surface area contributed by atoms with Crippen LogP contribution in [0.25, 0.3) is 0 Å². The molecule has 1 unspecified atom stereocenters. The minimum absolute atomic E-state index is 0.218. The second kappa shape index (κ2) is 6.52. The van der Waals surface area contributed by atoms with E-state index >= 15 is 0 Å². The Morgan fingerprint density at radius 3 is 2.63 bits per heavy atom. The number of rotatable bonds is 5. The lowest BCUT2D eigenvalue weighted by atomic mass is 9.89. The smallest absolute Gasteiger partial charge is 0.252 e. The summed E-state index contributed by atoms with van der Waals surface area (Å²) in [6, 6.07) is 3.30. The van der Waals surface area contributed by atoms with E-state index in [1.807, 2.05) is 27.7 Å². The number of amides is 1. The van der Waals surface area contributed by atoms with E-state index in [2.05, 4.69) is 10.3 Å². The van der Waals surface area contributed by atoms with Crippen LogP contribution in [0.5, 0.6) is 5.88 Å². The van der Waals surface area contributed by atoms with Crippen LogP contribution in [0.1, 0.15) is 38.1 Å². The summed E-state index contributed by atoms with van der Waals surface area (Å²) >= 11 is 0. The number of nitrogens with zero attached hydrogens (tertiary/aromatic N) is 1. The second-order valence-corrected chi connectivity index (χ2v) is 5.41. The minimum atomic E-state index is -0.591. The van der Waals surface area contributed by atoms with Crippen LogP contribution in [-0.4, -0.2) is 35.3 Å². The second-order valence-electron chi connectivity index (χ2n) is 5.41. The molecule has 0 radical (unpaired) electrons. The zero-order chi connectivity index (χ0) is 14.5. The first-order valence-electron chi connectivity index (χ1n) is 6.39. The fraction of sp³-hybridized carbons (Fsp3) is 0.571. The van der Waals surface area contributed by atoms with Gasteiger partial charge in [-0.1, -0.05) is 20.8 Å². The van der Waals surface area contributed by atoms with Crippen molar-refractivity contribution in [1.82, 2.24) is 10.3 Å². The Morgan fingerprint density at radius 2 is 2.16 bits per heavy atom. The largest absolute Gasteiger partial charge is 0.478 e. The molecule has 0 aromatic carbocycles. The summed E-state index contributed by atoms with van der Waals surface area (Å²) in [4.78, 5) is 15.9. The van der Waals surface area contributed by atoms with Crippen LogP contribution in [0.4, 0.5) is 0 Å². The van der Waals surface area contributed by atoms with Gasteiger partial charge in [0.05, 0.1) is 18.3 Å². The summed E-state index contributed by atoms with van der Waals surface area (Å²) in [5.74, 6) is 0.243. The van der Waals surface area contributed by atoms with E-state index in [4.69, 9.17) is 4.74 Å². The van der Waals surface area contributed by atoms with Gasteiger partial charge < -0.3 is 15.2 Å². The number of ether oxygens (including phenoxy) is 1. The Bertz CT molecular complexity index is 410. The molecule has 0 spiro atoms. The van der Waals surface area contributed by atoms with E-state index in [1.54, 1.807) is 12.1 Å². The van der Waals surface area contributed by atoms with E-state index in [1.165, 1.54) is 6.20 Å². The fourth-order valence-electron chi connectivity index (χ4n) is 1.35. The van der Waals surface area contributed by atoms with Crippen molar-refractivity contribution in [3.63, 3.8) is 0 Å². The minimum Gasteiger partial charge on any atom is -0.478 e. The van der Waals surface area contributed by atoms with Gasteiger partial charge in [0.25, 0.3) is 5.91 Å². The number of hydrogen-bond donors (Lipinski definition) is 2. The monoisotopic (exact) mass is 266 g/mol. The fourth-order valence-corrected chi connectivity index (χ4v) is 1.35. The number of carbonyl (C=O) groups excluding carboxylic acids is 1. The van der Waals surface area contributed by atoms with Gasteiger partial charge in [0.15, 0.2) is 0 Å². The molecule has 1 heterocycles. The summed E-state index contributed by atoms with van der Waals surface area (Å²) in [7, 11) is 0. The van der Waals surface area contributed by atoms with Crippen molar-refractivity contribution < 1.29 is 14.6 Å². The predicted octanol–water partition coefficient (Wildman–Crippen LogP) is 1.62. The molecule has 1 atom stereocenters. The van der Waals surface area contributed by atoms with E-state index in [0.29, 0.717) is 18.1 Å². The van der Waals surface area contributed by atoms with Crippen LogP contribution in [0, 0.1) is 5.41 Å². The third-order valence-corrected chi connectivity index (χ3v) is 2.75. The van der Waals surface area contributed by atoms with E-state index in [-0.39, 0.29) is 17.9 Å². The van der Waals surface area contributed by atoms with Gasteiger partial charge in [0.2, 0.25) is 5.88 Å². The maximum Gasteiger partial charge on any atom is 0.252 e. The molecule has 1 aromatic heterocycles. The molecule has 5 heteroatoms. The molecule has 1 aromatic rings. The Balaban J connectivity index is 2.54. The lowest BCUT2D eigenvalue weighted by molar-refractivity contribution is 0.0586. The molecular formula is C14H22N2O3. The SMILES string of the molecule is CCOc1ccc(C(=O)NCC(O)C(C)(C)C)cn1. The average molecular weight is 266 g/mol. The van der Waals surface area contributed by atoms with Gasteiger partial charge in [0.1, 0.15) is 0 Å². The van der Waals surface area contributed by atoms with Crippen LogP contribution >= 0.6 is 0 Å². The number of aromatic nitrogens is 1. The highest BCUT2D eigenvalue weighted by molar-refractivity contribution is 5.93. The van der Waals surface area contributed by atoms with Crippen molar-refractivity contribution in [3.05, 3.63) is 23.9 Å². The van der Waals surface area contributed by atoms with E-state index in [9.17, 15) is 9.90 Å². The number of carbonyl (C=O) groups is 1. The zero-order valence-corrected chi connectivity index (χ0v) is 11.9. The molecule has 0 saturated heterocycles. The standard InChI is InChI=1S/C14H22N2O3/c1-5-19-12-7-6-10(8-15-12)13(18)16-9-11(17)14(2,3)4/h6-8,11,17H,5,9H2,1-4H3,(H,16,18). The molecule has 0 fully saturated rings. The van der Waals surface area contributed by atoms with Crippen molar-refractivity contribution in [3.8, 4) is 5.88 Å². The van der Waals surface area contributed by atoms with Crippen molar-refractivity contribution >= 4 is 5.91 Å². The van der Waals surface area contributed by atoms with Gasteiger partial charge in [-0.15, -0.1) is 0 Å². The van der Waals surface area contributed by atoms with Gasteiger partial charge in [-0.3, -0.25) is 4.79 Å². The number of aliphatic hydroxyl groups excluding tert-OH is 1. The summed E-state index contributed by atoms with van der Waals surface area (Å²) in [5, 5.41) is 12.5. The lowest BCUT2D eigenvalue weighted by Gasteiger charge is -2.25. The molecule has 19 heavy (non-hydrogen) atoms. The first kappa shape index (κ1) is 15.4. The summed E-state index contributed by atoms with van der Waals surface area (Å²) in [6.45, 7) is 8.38. The Labute approximate surface area is 114 Å². The topological polar surface area (TPSA) is 71.5 Å². The van der Waals surface area contributed by atoms with E-state index < -0.39 is 6.10 Å². The maximum absolute atomic E-state index is 11.8. The molecule has 0 aliphatic heterocycles. The molecule has 1 amide bonds. The number of aliphatic hydroxyl groups is 1. The molecular weight excluding hydrogens is 244 g/mol. The highest BCUT2D eigenvalue weighted by Gasteiger charge is 2.22. The molecule has 106 valence electrons. The van der Waals surface area contributed by atoms with Crippen molar-refractivity contribution in [1.29, 1.82) is 0 Å². The van der Waals surface area contributed by atoms with Crippen LogP contribution in [0.3, 0.4) is 0 Å². The zero-order valence-electron chi connectivity index (χ0n) is 11.9. The molecule has 1 rings (SSSR count). The Hall–Kier alpha value is -1.62. The van der Waals surface area contributed by atoms with Gasteiger partial charge in [0, 0.05) is 18.8 Å². The molecule has 2 N–H and O–H groups in total. The molecule has 0 bridgehead atoms. The van der Waals surface area contributed by atoms with Gasteiger partial charge in [-0.2, -0.15) is 0 Å². The number of pyridine rings is 1. The summed E-state index contributed by atoms with van der Waals surface area (Å²) in [6.07, 6.45) is 0.871. The van der Waals surface area contributed by atoms with Gasteiger partial charge in [-0.05, 0) is 18.4 Å². The normalized spacial score (nSPS) is 12.9. The summed E-state index contributed by atoms with van der Waals surface area (Å²) < 4.78 is 5.20. The first-order valence-corrected chi connectivity index (χ1v) is 6.39. The number of nitrogens with one attached hydrogen (secondary N) is 1. The quantitative estimate of drug-likeness (QED) is 0.849. The van der Waals surface area contributed by atoms with Crippen LogP contribution in [0.15, 0.2) is 18.3 Å². The Kier molecular flexibility index (Phi) is 5.30. The van der Waals surface area contributed by atoms with Crippen molar-refractivity contribution in [2.75, 3.05) is 13.2 Å². The molecule has 0 saturated carbocycles. The van der Waals surface area contributed by atoms with Crippen molar-refractivity contribution in [2.45, 2.75) is 33.8 Å². The first-order chi connectivity index (χ1) is 8.84. The van der Waals surface area contributed by atoms with Crippen LogP contribution in [-0.2, 0) is 0 Å². The van der Waals surface area contributed by atoms with Crippen LogP contribution in [0.2, 0.25) is 0 Å². The van der Waals surface area contributed by atoms with E-state index in [0.717, 1.165) is 0 Å².